The van der Waals surface area contributed by atoms with E-state index in [9.17, 15) is 20.0 Å². The van der Waals surface area contributed by atoms with Crippen LogP contribution in [0, 0.1) is 23.0 Å². The van der Waals surface area contributed by atoms with Gasteiger partial charge in [0, 0.05) is 13.5 Å². The molecule has 1 N–H and O–H groups in total. The van der Waals surface area contributed by atoms with Crippen molar-refractivity contribution in [2.45, 2.75) is 39.3 Å². The van der Waals surface area contributed by atoms with Crippen LogP contribution in [0.25, 0.3) is 0 Å². The lowest BCUT2D eigenvalue weighted by Crippen LogP contribution is -2.50. The number of aryl methyl sites for hydroxylation is 1. The van der Waals surface area contributed by atoms with Crippen LogP contribution in [0.15, 0.2) is 6.20 Å². The number of amides is 1. The third kappa shape index (κ3) is 3.21. The minimum Gasteiger partial charge on any atom is -0.394 e. The summed E-state index contributed by atoms with van der Waals surface area (Å²) in [5, 5.41) is 20.2. The zero-order chi connectivity index (χ0) is 15.6. The number of hydrogen-bond acceptors (Lipinski definition) is 5. The summed E-state index contributed by atoms with van der Waals surface area (Å²) in [6, 6.07) is -0.176. The smallest absolute Gasteiger partial charge is 0.381 e. The van der Waals surface area contributed by atoms with Crippen molar-refractivity contribution < 1.29 is 14.8 Å². The Morgan fingerprint density at radius 2 is 2.33 bits per heavy atom. The molecule has 2 heterocycles. The molecule has 0 spiro atoms. The number of piperidine rings is 1. The van der Waals surface area contributed by atoms with E-state index in [-0.39, 0.29) is 36.8 Å². The Hall–Kier alpha value is -1.96. The summed E-state index contributed by atoms with van der Waals surface area (Å²) in [7, 11) is 0. The molecule has 0 saturated carbocycles. The molecule has 0 aliphatic carbocycles. The van der Waals surface area contributed by atoms with Gasteiger partial charge in [0.25, 0.3) is 0 Å². The van der Waals surface area contributed by atoms with Crippen LogP contribution in [0.1, 0.15) is 25.6 Å². The Bertz CT molecular complexity index is 542. The summed E-state index contributed by atoms with van der Waals surface area (Å²) < 4.78 is 1.48. The summed E-state index contributed by atoms with van der Waals surface area (Å²) in [4.78, 5) is 28.0. The molecule has 1 fully saturated rings. The first kappa shape index (κ1) is 15.4. The van der Waals surface area contributed by atoms with Crippen LogP contribution in [-0.2, 0) is 11.3 Å². The maximum atomic E-state index is 12.4. The van der Waals surface area contributed by atoms with E-state index in [1.165, 1.54) is 10.8 Å². The van der Waals surface area contributed by atoms with E-state index < -0.39 is 4.92 Å². The van der Waals surface area contributed by atoms with E-state index in [4.69, 9.17) is 0 Å². The van der Waals surface area contributed by atoms with Gasteiger partial charge in [0.15, 0.2) is 0 Å². The first-order valence-electron chi connectivity index (χ1n) is 7.02. The fourth-order valence-electron chi connectivity index (χ4n) is 2.81. The Labute approximate surface area is 122 Å². The molecule has 0 radical (unpaired) electrons. The third-order valence-electron chi connectivity index (χ3n) is 4.08. The Morgan fingerprint density at radius 1 is 1.62 bits per heavy atom. The van der Waals surface area contributed by atoms with Gasteiger partial charge in [0.05, 0.1) is 12.6 Å². The van der Waals surface area contributed by atoms with Gasteiger partial charge >= 0.3 is 5.82 Å². The Kier molecular flexibility index (Phi) is 4.56. The predicted octanol–water partition coefficient (Wildman–Crippen LogP) is 0.719. The maximum Gasteiger partial charge on any atom is 0.381 e. The number of hydrogen-bond donors (Lipinski definition) is 1. The molecule has 1 aliphatic heterocycles. The molecule has 2 rings (SSSR count). The number of rotatable bonds is 4. The van der Waals surface area contributed by atoms with Crippen molar-refractivity contribution >= 4 is 11.7 Å². The molecular weight excluding hydrogens is 276 g/mol. The molecule has 1 aromatic rings. The topological polar surface area (TPSA) is 102 Å². The van der Waals surface area contributed by atoms with Crippen LogP contribution in [0.5, 0.6) is 0 Å². The van der Waals surface area contributed by atoms with Gasteiger partial charge in [0.2, 0.25) is 11.7 Å². The van der Waals surface area contributed by atoms with Gasteiger partial charge in [-0.3, -0.25) is 9.36 Å². The lowest BCUT2D eigenvalue weighted by Gasteiger charge is -2.39. The molecule has 1 aromatic heterocycles. The molecular formula is C13H20N4O4. The lowest BCUT2D eigenvalue weighted by atomic mass is 9.91. The quantitative estimate of drug-likeness (QED) is 0.651. The van der Waals surface area contributed by atoms with Gasteiger partial charge in [0.1, 0.15) is 12.7 Å². The van der Waals surface area contributed by atoms with E-state index >= 15 is 0 Å². The number of aromatic nitrogens is 2. The number of nitrogens with zero attached hydrogens (tertiary/aromatic N) is 4. The summed E-state index contributed by atoms with van der Waals surface area (Å²) in [6.07, 6.45) is 3.17. The van der Waals surface area contributed by atoms with E-state index in [1.807, 2.05) is 6.92 Å². The van der Waals surface area contributed by atoms with Crippen LogP contribution >= 0.6 is 0 Å². The summed E-state index contributed by atoms with van der Waals surface area (Å²) in [5.41, 5.74) is 0. The van der Waals surface area contributed by atoms with E-state index in [0.717, 1.165) is 12.8 Å². The van der Waals surface area contributed by atoms with Crippen molar-refractivity contribution in [1.29, 1.82) is 0 Å². The largest absolute Gasteiger partial charge is 0.394 e. The second kappa shape index (κ2) is 6.21. The van der Waals surface area contributed by atoms with Gasteiger partial charge in [-0.2, -0.15) is 0 Å². The lowest BCUT2D eigenvalue weighted by molar-refractivity contribution is -0.389. The summed E-state index contributed by atoms with van der Waals surface area (Å²) in [6.45, 7) is 4.21. The van der Waals surface area contributed by atoms with Gasteiger partial charge in [-0.15, -0.1) is 0 Å². The van der Waals surface area contributed by atoms with Crippen molar-refractivity contribution in [1.82, 2.24) is 14.5 Å². The maximum absolute atomic E-state index is 12.4. The molecule has 0 aromatic carbocycles. The number of nitro groups is 1. The number of imidazole rings is 1. The number of likely N-dealkylation sites (tertiary alicyclic amines) is 1. The third-order valence-corrected chi connectivity index (χ3v) is 4.08. The Morgan fingerprint density at radius 3 is 2.90 bits per heavy atom. The molecule has 116 valence electrons. The summed E-state index contributed by atoms with van der Waals surface area (Å²) >= 11 is 0. The van der Waals surface area contributed by atoms with Gasteiger partial charge < -0.3 is 20.1 Å². The van der Waals surface area contributed by atoms with Crippen molar-refractivity contribution in [3.05, 3.63) is 22.1 Å². The standard InChI is InChI=1S/C13H20N4O4/c1-9-4-3-5-16(11(9)8-18)13(19)7-15-6-12(17(20)21)14-10(15)2/h6,9,11,18H,3-5,7-8H2,1-2H3. The highest BCUT2D eigenvalue weighted by molar-refractivity contribution is 5.76. The van der Waals surface area contributed by atoms with E-state index in [1.54, 1.807) is 11.8 Å². The molecule has 2 atom stereocenters. The molecule has 1 aliphatic rings. The fraction of sp³-hybridized carbons (Fsp3) is 0.692. The van der Waals surface area contributed by atoms with Crippen LogP contribution in [0.3, 0.4) is 0 Å². The molecule has 21 heavy (non-hydrogen) atoms. The van der Waals surface area contributed by atoms with Crippen molar-refractivity contribution in [3.8, 4) is 0 Å². The van der Waals surface area contributed by atoms with Crippen molar-refractivity contribution in [3.63, 3.8) is 0 Å². The highest BCUT2D eigenvalue weighted by Gasteiger charge is 2.31. The number of aliphatic hydroxyl groups is 1. The molecule has 1 saturated heterocycles. The number of carbonyl (C=O) groups excluding carboxylic acids is 1. The minimum absolute atomic E-state index is 0.00981. The van der Waals surface area contributed by atoms with Crippen LogP contribution in [0.2, 0.25) is 0 Å². The molecule has 8 nitrogen and oxygen atoms in total. The molecule has 2 unspecified atom stereocenters. The molecule has 8 heteroatoms. The average Bonchev–Trinajstić information content (AvgIpc) is 2.80. The second-order valence-corrected chi connectivity index (χ2v) is 5.49. The van der Waals surface area contributed by atoms with Crippen LogP contribution < -0.4 is 0 Å². The van der Waals surface area contributed by atoms with Gasteiger partial charge in [-0.05, 0) is 28.7 Å². The number of aliphatic hydroxyl groups excluding tert-OH is 1. The first-order chi connectivity index (χ1) is 9.93. The van der Waals surface area contributed by atoms with Crippen LogP contribution in [0.4, 0.5) is 5.82 Å². The van der Waals surface area contributed by atoms with Crippen molar-refractivity contribution in [2.24, 2.45) is 5.92 Å². The van der Waals surface area contributed by atoms with E-state index in [0.29, 0.717) is 12.4 Å². The predicted molar refractivity (Wildman–Crippen MR) is 74.6 cm³/mol. The zero-order valence-electron chi connectivity index (χ0n) is 12.2. The highest BCUT2D eigenvalue weighted by atomic mass is 16.6. The average molecular weight is 296 g/mol. The molecule has 0 bridgehead atoms. The van der Waals surface area contributed by atoms with Crippen LogP contribution in [-0.4, -0.2) is 49.6 Å². The van der Waals surface area contributed by atoms with Gasteiger partial charge in [-0.1, -0.05) is 6.92 Å². The van der Waals surface area contributed by atoms with Gasteiger partial charge in [-0.25, -0.2) is 0 Å². The minimum atomic E-state index is -0.576. The SMILES string of the molecule is Cc1nc([N+](=O)[O-])cn1CC(=O)N1CCCC(C)C1CO. The zero-order valence-corrected chi connectivity index (χ0v) is 12.2. The number of carbonyl (C=O) groups is 1. The first-order valence-corrected chi connectivity index (χ1v) is 7.02. The second-order valence-electron chi connectivity index (χ2n) is 5.49. The highest BCUT2D eigenvalue weighted by Crippen LogP contribution is 2.23. The van der Waals surface area contributed by atoms with E-state index in [2.05, 4.69) is 4.98 Å². The Balaban J connectivity index is 2.11. The molecule has 1 amide bonds. The summed E-state index contributed by atoms with van der Waals surface area (Å²) in [5.74, 6) is 0.286. The monoisotopic (exact) mass is 296 g/mol. The fourth-order valence-corrected chi connectivity index (χ4v) is 2.81. The van der Waals surface area contributed by atoms with Crippen molar-refractivity contribution in [2.75, 3.05) is 13.2 Å². The normalized spacial score (nSPS) is 22.3.